The number of nitrogens with zero attached hydrogens (tertiary/aromatic N) is 2. The van der Waals surface area contributed by atoms with Crippen LogP contribution in [0.2, 0.25) is 5.02 Å². The molecule has 0 radical (unpaired) electrons. The van der Waals surface area contributed by atoms with Gasteiger partial charge in [-0.1, -0.05) is 23.7 Å². The lowest BCUT2D eigenvalue weighted by molar-refractivity contribution is 0.0368. The predicted octanol–water partition coefficient (Wildman–Crippen LogP) is 4.67. The molecule has 1 N–H and O–H groups in total. The lowest BCUT2D eigenvalue weighted by Crippen LogP contribution is -2.40. The van der Waals surface area contributed by atoms with Crippen molar-refractivity contribution in [2.45, 2.75) is 19.9 Å². The van der Waals surface area contributed by atoms with E-state index in [0.717, 1.165) is 63.0 Å². The van der Waals surface area contributed by atoms with E-state index in [2.05, 4.69) is 27.2 Å². The summed E-state index contributed by atoms with van der Waals surface area (Å²) in [5, 5.41) is 4.55. The first-order chi connectivity index (χ1) is 15.6. The number of anilines is 1. The molecule has 0 aromatic heterocycles. The summed E-state index contributed by atoms with van der Waals surface area (Å²) in [6.45, 7) is 8.78. The van der Waals surface area contributed by atoms with Crippen molar-refractivity contribution in [3.63, 3.8) is 0 Å². The van der Waals surface area contributed by atoms with Crippen molar-refractivity contribution in [2.75, 3.05) is 58.4 Å². The molecule has 2 aromatic rings. The van der Waals surface area contributed by atoms with Crippen LogP contribution >= 0.6 is 23.8 Å². The van der Waals surface area contributed by atoms with Crippen LogP contribution in [-0.2, 0) is 11.3 Å². The zero-order valence-electron chi connectivity index (χ0n) is 18.8. The van der Waals surface area contributed by atoms with Crippen LogP contribution < -0.4 is 14.8 Å². The number of methoxy groups -OCH3 is 1. The monoisotopic (exact) mass is 477 g/mol. The Labute approximate surface area is 201 Å². The maximum absolute atomic E-state index is 6.39. The second kappa shape index (κ2) is 12.8. The largest absolute Gasteiger partial charge is 0.497 e. The van der Waals surface area contributed by atoms with Gasteiger partial charge in [-0.2, -0.15) is 0 Å². The molecule has 0 saturated carbocycles. The molecule has 1 fully saturated rings. The van der Waals surface area contributed by atoms with Gasteiger partial charge in [0.1, 0.15) is 11.5 Å². The average Bonchev–Trinajstić information content (AvgIpc) is 2.82. The molecule has 2 aromatic carbocycles. The average molecular weight is 478 g/mol. The van der Waals surface area contributed by atoms with Crippen molar-refractivity contribution in [3.8, 4) is 11.5 Å². The molecule has 0 bridgehead atoms. The molecule has 0 spiro atoms. The Morgan fingerprint density at radius 3 is 2.56 bits per heavy atom. The highest BCUT2D eigenvalue weighted by atomic mass is 35.5. The van der Waals surface area contributed by atoms with E-state index in [-0.39, 0.29) is 0 Å². The molecule has 3 rings (SSSR count). The first-order valence-electron chi connectivity index (χ1n) is 11.0. The molecular weight excluding hydrogens is 446 g/mol. The van der Waals surface area contributed by atoms with E-state index in [9.17, 15) is 0 Å². The van der Waals surface area contributed by atoms with Crippen LogP contribution in [0, 0.1) is 0 Å². The van der Waals surface area contributed by atoms with Crippen LogP contribution in [0.3, 0.4) is 0 Å². The highest BCUT2D eigenvalue weighted by molar-refractivity contribution is 7.80. The van der Waals surface area contributed by atoms with Crippen LogP contribution in [0.5, 0.6) is 11.5 Å². The van der Waals surface area contributed by atoms with E-state index < -0.39 is 0 Å². The van der Waals surface area contributed by atoms with E-state index in [4.69, 9.17) is 38.0 Å². The first-order valence-corrected chi connectivity index (χ1v) is 11.8. The fourth-order valence-corrected chi connectivity index (χ4v) is 3.99. The van der Waals surface area contributed by atoms with Crippen molar-refractivity contribution in [3.05, 3.63) is 53.1 Å². The van der Waals surface area contributed by atoms with E-state index in [1.165, 1.54) is 5.56 Å². The molecule has 0 aliphatic carbocycles. The molecule has 1 saturated heterocycles. The van der Waals surface area contributed by atoms with E-state index >= 15 is 0 Å². The number of hydrogen-bond donors (Lipinski definition) is 1. The number of ether oxygens (including phenoxy) is 3. The predicted molar refractivity (Wildman–Crippen MR) is 134 cm³/mol. The molecular formula is C24H32ClN3O3S. The standard InChI is InChI=1S/C24H32ClN3O3S/c1-3-31-20-7-5-19(6-8-20)18-28(12-4-11-27-13-15-30-16-14-27)24(32)26-23-17-21(29-2)9-10-22(23)25/h5-10,17H,3-4,11-16,18H2,1-2H3,(H,26,32). The summed E-state index contributed by atoms with van der Waals surface area (Å²) in [7, 11) is 1.63. The second-order valence-corrected chi connectivity index (χ2v) is 8.38. The molecule has 32 heavy (non-hydrogen) atoms. The number of hydrogen-bond acceptors (Lipinski definition) is 5. The normalized spacial score (nSPS) is 14.1. The number of nitrogens with one attached hydrogen (secondary N) is 1. The van der Waals surface area contributed by atoms with Gasteiger partial charge in [0.05, 0.1) is 37.6 Å². The SMILES string of the molecule is CCOc1ccc(CN(CCCN2CCOCC2)C(=S)Nc2cc(OC)ccc2Cl)cc1. The molecule has 1 aliphatic rings. The summed E-state index contributed by atoms with van der Waals surface area (Å²) < 4.78 is 16.3. The van der Waals surface area contributed by atoms with Crippen LogP contribution in [0.1, 0.15) is 18.9 Å². The fourth-order valence-electron chi connectivity index (χ4n) is 3.56. The molecule has 0 atom stereocenters. The van der Waals surface area contributed by atoms with Gasteiger partial charge in [0.2, 0.25) is 0 Å². The summed E-state index contributed by atoms with van der Waals surface area (Å²) >= 11 is 12.2. The quantitative estimate of drug-likeness (QED) is 0.499. The summed E-state index contributed by atoms with van der Waals surface area (Å²) in [4.78, 5) is 4.62. The maximum atomic E-state index is 6.39. The van der Waals surface area contributed by atoms with E-state index in [1.54, 1.807) is 13.2 Å². The topological polar surface area (TPSA) is 46.2 Å². The Hall–Kier alpha value is -2.06. The van der Waals surface area contributed by atoms with Crippen molar-refractivity contribution < 1.29 is 14.2 Å². The minimum atomic E-state index is 0.600. The lowest BCUT2D eigenvalue weighted by Gasteiger charge is -2.30. The Morgan fingerprint density at radius 2 is 1.88 bits per heavy atom. The van der Waals surface area contributed by atoms with Crippen LogP contribution in [0.4, 0.5) is 5.69 Å². The minimum absolute atomic E-state index is 0.600. The van der Waals surface area contributed by atoms with E-state index in [1.807, 2.05) is 31.2 Å². The van der Waals surface area contributed by atoms with Gasteiger partial charge in [0.25, 0.3) is 0 Å². The molecule has 0 amide bonds. The second-order valence-electron chi connectivity index (χ2n) is 7.58. The number of benzene rings is 2. The van der Waals surface area contributed by atoms with Crippen molar-refractivity contribution >= 4 is 34.6 Å². The van der Waals surface area contributed by atoms with Gasteiger partial charge in [-0.05, 0) is 55.4 Å². The highest BCUT2D eigenvalue weighted by Gasteiger charge is 2.15. The summed E-state index contributed by atoms with van der Waals surface area (Å²) in [5.74, 6) is 1.60. The highest BCUT2D eigenvalue weighted by Crippen LogP contribution is 2.27. The van der Waals surface area contributed by atoms with E-state index in [0.29, 0.717) is 23.3 Å². The zero-order chi connectivity index (χ0) is 22.8. The summed E-state index contributed by atoms with van der Waals surface area (Å²) in [6, 6.07) is 13.7. The minimum Gasteiger partial charge on any atom is -0.497 e. The van der Waals surface area contributed by atoms with Crippen molar-refractivity contribution in [2.24, 2.45) is 0 Å². The van der Waals surface area contributed by atoms with Crippen LogP contribution in [-0.4, -0.2) is 68.0 Å². The molecule has 0 unspecified atom stereocenters. The summed E-state index contributed by atoms with van der Waals surface area (Å²) in [5.41, 5.74) is 1.90. The van der Waals surface area contributed by atoms with Gasteiger partial charge in [-0.3, -0.25) is 4.90 Å². The smallest absolute Gasteiger partial charge is 0.173 e. The zero-order valence-corrected chi connectivity index (χ0v) is 20.4. The number of rotatable bonds is 10. The number of thiocarbonyl (C=S) groups is 1. The molecule has 1 aliphatic heterocycles. The lowest BCUT2D eigenvalue weighted by atomic mass is 10.2. The molecule has 174 valence electrons. The van der Waals surface area contributed by atoms with Gasteiger partial charge < -0.3 is 24.4 Å². The Bertz CT molecular complexity index is 860. The van der Waals surface area contributed by atoms with Gasteiger partial charge >= 0.3 is 0 Å². The van der Waals surface area contributed by atoms with Gasteiger partial charge in [0, 0.05) is 38.8 Å². The molecule has 8 heteroatoms. The first kappa shape index (κ1) is 24.6. The van der Waals surface area contributed by atoms with Crippen LogP contribution in [0.25, 0.3) is 0 Å². The Balaban J connectivity index is 1.67. The maximum Gasteiger partial charge on any atom is 0.173 e. The molecule has 1 heterocycles. The Morgan fingerprint density at radius 1 is 1.16 bits per heavy atom. The van der Waals surface area contributed by atoms with Gasteiger partial charge in [0.15, 0.2) is 5.11 Å². The third-order valence-electron chi connectivity index (χ3n) is 5.32. The van der Waals surface area contributed by atoms with Gasteiger partial charge in [-0.15, -0.1) is 0 Å². The van der Waals surface area contributed by atoms with Crippen LogP contribution in [0.15, 0.2) is 42.5 Å². The van der Waals surface area contributed by atoms with Crippen molar-refractivity contribution in [1.29, 1.82) is 0 Å². The fraction of sp³-hybridized carbons (Fsp3) is 0.458. The van der Waals surface area contributed by atoms with Crippen molar-refractivity contribution in [1.82, 2.24) is 9.80 Å². The molecule has 6 nitrogen and oxygen atoms in total. The third-order valence-corrected chi connectivity index (χ3v) is 6.01. The summed E-state index contributed by atoms with van der Waals surface area (Å²) in [6.07, 6.45) is 1.00. The number of morpholine rings is 1. The van der Waals surface area contributed by atoms with Gasteiger partial charge in [-0.25, -0.2) is 0 Å². The number of halogens is 1. The third kappa shape index (κ3) is 7.52. The Kier molecular flexibility index (Phi) is 9.87.